The Bertz CT molecular complexity index is 486. The fourth-order valence-corrected chi connectivity index (χ4v) is 1.77. The molecule has 98 valence electrons. The number of nitrogens with zero attached hydrogens (tertiary/aromatic N) is 1. The van der Waals surface area contributed by atoms with Gasteiger partial charge in [0.15, 0.2) is 13.8 Å². The molecular weight excluding hydrogens is 257 g/mol. The highest BCUT2D eigenvalue weighted by Crippen LogP contribution is 2.27. The van der Waals surface area contributed by atoms with Crippen molar-refractivity contribution in [2.24, 2.45) is 0 Å². The summed E-state index contributed by atoms with van der Waals surface area (Å²) < 4.78 is 15.4. The van der Waals surface area contributed by atoms with Crippen LogP contribution >= 0.6 is 8.03 Å². The van der Waals surface area contributed by atoms with E-state index in [1.54, 1.807) is 24.3 Å². The van der Waals surface area contributed by atoms with Crippen LogP contribution in [0.5, 0.6) is 5.75 Å². The zero-order chi connectivity index (χ0) is 13.5. The molecule has 0 amide bonds. The standard InChI is InChI=1S/C11H14NO5P/c1-17-11-8-9(4-2-3-7-18(15)16)5-6-10(11)12(13)14/h2-3,5-6,8,18H,4,7H2,1H3,(H,15,16). The highest BCUT2D eigenvalue weighted by Gasteiger charge is 2.13. The van der Waals surface area contributed by atoms with Gasteiger partial charge in [0.05, 0.1) is 12.0 Å². The summed E-state index contributed by atoms with van der Waals surface area (Å²) in [5.41, 5.74) is 0.761. The maximum absolute atomic E-state index is 10.7. The Morgan fingerprint density at radius 3 is 2.78 bits per heavy atom. The first-order valence-electron chi connectivity index (χ1n) is 5.22. The van der Waals surface area contributed by atoms with Crippen LogP contribution in [0.15, 0.2) is 30.4 Å². The van der Waals surface area contributed by atoms with Crippen LogP contribution in [0.2, 0.25) is 0 Å². The number of allylic oxidation sites excluding steroid dienone is 2. The number of nitro groups is 1. The minimum absolute atomic E-state index is 0.0781. The second-order valence-corrected chi connectivity index (χ2v) is 4.73. The van der Waals surface area contributed by atoms with Gasteiger partial charge in [0.1, 0.15) is 0 Å². The van der Waals surface area contributed by atoms with Crippen LogP contribution in [0, 0.1) is 10.1 Å². The van der Waals surface area contributed by atoms with Gasteiger partial charge in [-0.25, -0.2) is 0 Å². The van der Waals surface area contributed by atoms with Crippen molar-refractivity contribution in [3.63, 3.8) is 0 Å². The Kier molecular flexibility index (Phi) is 5.55. The van der Waals surface area contributed by atoms with Crippen LogP contribution in [-0.2, 0) is 11.0 Å². The summed E-state index contributed by atoms with van der Waals surface area (Å²) in [5.74, 6) is 0.210. The van der Waals surface area contributed by atoms with Gasteiger partial charge in [0.2, 0.25) is 0 Å². The smallest absolute Gasteiger partial charge is 0.310 e. The van der Waals surface area contributed by atoms with Crippen LogP contribution in [0.1, 0.15) is 5.56 Å². The molecule has 0 fully saturated rings. The minimum atomic E-state index is -2.47. The molecule has 0 saturated heterocycles. The van der Waals surface area contributed by atoms with Crippen molar-refractivity contribution >= 4 is 13.7 Å². The summed E-state index contributed by atoms with van der Waals surface area (Å²) in [7, 11) is -1.09. The molecule has 1 unspecified atom stereocenters. The normalized spacial score (nSPS) is 12.6. The third-order valence-electron chi connectivity index (χ3n) is 2.25. The number of benzene rings is 1. The predicted octanol–water partition coefficient (Wildman–Crippen LogP) is 2.17. The Morgan fingerprint density at radius 1 is 1.50 bits per heavy atom. The Morgan fingerprint density at radius 2 is 2.22 bits per heavy atom. The zero-order valence-electron chi connectivity index (χ0n) is 9.83. The Hall–Kier alpha value is -1.65. The average molecular weight is 271 g/mol. The van der Waals surface area contributed by atoms with E-state index in [1.165, 1.54) is 13.2 Å². The van der Waals surface area contributed by atoms with Crippen molar-refractivity contribution in [1.29, 1.82) is 0 Å². The molecule has 0 aromatic heterocycles. The van der Waals surface area contributed by atoms with Gasteiger partial charge in [-0.05, 0) is 18.1 Å². The van der Waals surface area contributed by atoms with Crippen LogP contribution in [0.3, 0.4) is 0 Å². The quantitative estimate of drug-likeness (QED) is 0.370. The van der Waals surface area contributed by atoms with Crippen LogP contribution < -0.4 is 4.74 Å². The fraction of sp³-hybridized carbons (Fsp3) is 0.273. The van der Waals surface area contributed by atoms with Gasteiger partial charge in [0.25, 0.3) is 0 Å². The number of rotatable bonds is 6. The van der Waals surface area contributed by atoms with Crippen LogP contribution in [0.4, 0.5) is 5.69 Å². The summed E-state index contributed by atoms with van der Waals surface area (Å²) >= 11 is 0. The van der Waals surface area contributed by atoms with Crippen molar-refractivity contribution in [2.75, 3.05) is 13.3 Å². The Balaban J connectivity index is 2.77. The largest absolute Gasteiger partial charge is 0.490 e. The fourth-order valence-electron chi connectivity index (χ4n) is 1.40. The van der Waals surface area contributed by atoms with Crippen molar-refractivity contribution < 1.29 is 19.1 Å². The first-order chi connectivity index (χ1) is 8.54. The number of hydrogen-bond donors (Lipinski definition) is 1. The zero-order valence-corrected chi connectivity index (χ0v) is 10.8. The van der Waals surface area contributed by atoms with E-state index in [2.05, 4.69) is 0 Å². The van der Waals surface area contributed by atoms with E-state index in [-0.39, 0.29) is 17.6 Å². The molecule has 0 saturated carbocycles. The number of ether oxygens (including phenoxy) is 1. The third kappa shape index (κ3) is 4.31. The van der Waals surface area contributed by atoms with Crippen molar-refractivity contribution in [1.82, 2.24) is 0 Å². The molecule has 0 aliphatic heterocycles. The minimum Gasteiger partial charge on any atom is -0.490 e. The lowest BCUT2D eigenvalue weighted by Crippen LogP contribution is -1.94. The first kappa shape index (κ1) is 14.4. The van der Waals surface area contributed by atoms with Gasteiger partial charge in [0, 0.05) is 12.2 Å². The highest BCUT2D eigenvalue weighted by atomic mass is 31.1. The lowest BCUT2D eigenvalue weighted by molar-refractivity contribution is -0.385. The molecule has 0 radical (unpaired) electrons. The molecule has 0 aliphatic rings. The van der Waals surface area contributed by atoms with E-state index in [0.717, 1.165) is 5.56 Å². The second-order valence-electron chi connectivity index (χ2n) is 3.54. The van der Waals surface area contributed by atoms with Crippen LogP contribution in [-0.4, -0.2) is 23.1 Å². The molecule has 1 atom stereocenters. The van der Waals surface area contributed by atoms with Gasteiger partial charge in [-0.2, -0.15) is 0 Å². The molecule has 18 heavy (non-hydrogen) atoms. The van der Waals surface area contributed by atoms with Gasteiger partial charge in [-0.3, -0.25) is 14.7 Å². The molecule has 0 spiro atoms. The molecule has 1 aromatic carbocycles. The lowest BCUT2D eigenvalue weighted by atomic mass is 10.1. The molecule has 0 heterocycles. The third-order valence-corrected chi connectivity index (χ3v) is 2.84. The van der Waals surface area contributed by atoms with Crippen LogP contribution in [0.25, 0.3) is 0 Å². The lowest BCUT2D eigenvalue weighted by Gasteiger charge is -2.03. The summed E-state index contributed by atoms with van der Waals surface area (Å²) in [6.07, 6.45) is 4.05. The predicted molar refractivity (Wildman–Crippen MR) is 68.6 cm³/mol. The maximum Gasteiger partial charge on any atom is 0.310 e. The molecule has 0 aliphatic carbocycles. The Labute approximate surface area is 105 Å². The maximum atomic E-state index is 10.7. The SMILES string of the molecule is COc1cc(CC=CC[PH](=O)O)ccc1[N+](=O)[O-]. The van der Waals surface area contributed by atoms with E-state index in [0.29, 0.717) is 6.42 Å². The molecular formula is C11H14NO5P. The van der Waals surface area contributed by atoms with E-state index < -0.39 is 13.0 Å². The molecule has 1 rings (SSSR count). The van der Waals surface area contributed by atoms with E-state index in [4.69, 9.17) is 9.63 Å². The highest BCUT2D eigenvalue weighted by molar-refractivity contribution is 7.38. The molecule has 1 aromatic rings. The summed E-state index contributed by atoms with van der Waals surface area (Å²) in [4.78, 5) is 18.8. The molecule has 7 heteroatoms. The average Bonchev–Trinajstić information content (AvgIpc) is 2.33. The second kappa shape index (κ2) is 6.93. The van der Waals surface area contributed by atoms with Crippen molar-refractivity contribution in [3.8, 4) is 5.75 Å². The van der Waals surface area contributed by atoms with E-state index in [9.17, 15) is 14.7 Å². The monoisotopic (exact) mass is 271 g/mol. The topological polar surface area (TPSA) is 89.7 Å². The number of methoxy groups -OCH3 is 1. The van der Waals surface area contributed by atoms with Gasteiger partial charge >= 0.3 is 5.69 Å². The summed E-state index contributed by atoms with van der Waals surface area (Å²) in [6.45, 7) is 0. The van der Waals surface area contributed by atoms with Gasteiger partial charge < -0.3 is 9.63 Å². The molecule has 1 N–H and O–H groups in total. The van der Waals surface area contributed by atoms with Crippen molar-refractivity contribution in [2.45, 2.75) is 6.42 Å². The molecule has 6 nitrogen and oxygen atoms in total. The number of nitro benzene ring substituents is 1. The van der Waals surface area contributed by atoms with Gasteiger partial charge in [-0.1, -0.05) is 18.2 Å². The summed E-state index contributed by atoms with van der Waals surface area (Å²) in [5, 5.41) is 10.7. The van der Waals surface area contributed by atoms with Gasteiger partial charge in [-0.15, -0.1) is 0 Å². The molecule has 0 bridgehead atoms. The van der Waals surface area contributed by atoms with Crippen molar-refractivity contribution in [3.05, 3.63) is 46.0 Å². The van der Waals surface area contributed by atoms with E-state index in [1.807, 2.05) is 0 Å². The summed E-state index contributed by atoms with van der Waals surface area (Å²) in [6, 6.07) is 4.61. The van der Waals surface area contributed by atoms with E-state index >= 15 is 0 Å². The number of hydrogen-bond acceptors (Lipinski definition) is 4. The first-order valence-corrected chi connectivity index (χ1v) is 6.79.